The highest BCUT2D eigenvalue weighted by Gasteiger charge is 2.32. The summed E-state index contributed by atoms with van der Waals surface area (Å²) in [5.41, 5.74) is 4.72. The van der Waals surface area contributed by atoms with Crippen molar-refractivity contribution in [3.8, 4) is 5.75 Å². The topological polar surface area (TPSA) is 87.7 Å². The molecular weight excluding hydrogens is 570 g/mol. The molecule has 0 saturated carbocycles. The van der Waals surface area contributed by atoms with Crippen LogP contribution in [-0.4, -0.2) is 53.6 Å². The van der Waals surface area contributed by atoms with E-state index in [-0.39, 0.29) is 24.1 Å². The molecule has 1 atom stereocenters. The second-order valence-electron chi connectivity index (χ2n) is 9.98. The van der Waals surface area contributed by atoms with Crippen molar-refractivity contribution in [2.75, 3.05) is 37.2 Å². The minimum atomic E-state index is -0.961. The van der Waals surface area contributed by atoms with Gasteiger partial charge in [0.25, 0.3) is 5.91 Å². The predicted octanol–water partition coefficient (Wildman–Crippen LogP) is 6.32. The van der Waals surface area contributed by atoms with Crippen molar-refractivity contribution < 1.29 is 14.3 Å². The Balaban J connectivity index is 1.71. The van der Waals surface area contributed by atoms with Crippen molar-refractivity contribution in [3.63, 3.8) is 0 Å². The van der Waals surface area contributed by atoms with Gasteiger partial charge in [0.2, 0.25) is 5.91 Å². The van der Waals surface area contributed by atoms with E-state index in [0.717, 1.165) is 22.6 Å². The summed E-state index contributed by atoms with van der Waals surface area (Å²) >= 11 is 7.38. The molecule has 4 rings (SSSR count). The van der Waals surface area contributed by atoms with E-state index in [9.17, 15) is 9.59 Å². The number of anilines is 2. The molecule has 0 radical (unpaired) electrons. The molecule has 1 aromatic heterocycles. The van der Waals surface area contributed by atoms with Crippen LogP contribution in [0, 0.1) is 13.8 Å². The molecule has 0 bridgehead atoms. The molecular formula is C32H34ClN5O3S. The van der Waals surface area contributed by atoms with Crippen molar-refractivity contribution in [3.05, 3.63) is 106 Å². The van der Waals surface area contributed by atoms with E-state index in [2.05, 4.69) is 15.3 Å². The van der Waals surface area contributed by atoms with E-state index >= 15 is 0 Å². The second kappa shape index (κ2) is 14.2. The normalized spacial score (nSPS) is 11.5. The number of carbonyl (C=O) groups excluding carboxylic acids is 2. The summed E-state index contributed by atoms with van der Waals surface area (Å²) in [5, 5.41) is 4.11. The van der Waals surface area contributed by atoms with E-state index in [1.807, 2.05) is 87.4 Å². The van der Waals surface area contributed by atoms with Crippen LogP contribution in [-0.2, 0) is 16.1 Å². The molecule has 0 aliphatic carbocycles. The molecule has 10 heteroatoms. The van der Waals surface area contributed by atoms with Crippen LogP contribution < -0.4 is 15.0 Å². The third kappa shape index (κ3) is 8.24. The maximum Gasteiger partial charge on any atom is 0.251 e. The number of aromatic nitrogens is 2. The van der Waals surface area contributed by atoms with E-state index in [1.54, 1.807) is 36.3 Å². The lowest BCUT2D eigenvalue weighted by molar-refractivity contribution is -0.137. The number of rotatable bonds is 11. The van der Waals surface area contributed by atoms with Crippen molar-refractivity contribution >= 4 is 46.6 Å². The summed E-state index contributed by atoms with van der Waals surface area (Å²) in [6, 6.07) is 22.9. The molecule has 218 valence electrons. The van der Waals surface area contributed by atoms with Gasteiger partial charge >= 0.3 is 0 Å². The number of methoxy groups -OCH3 is 1. The molecule has 0 spiro atoms. The largest absolute Gasteiger partial charge is 0.497 e. The maximum atomic E-state index is 14.1. The van der Waals surface area contributed by atoms with Gasteiger partial charge in [0, 0.05) is 48.4 Å². The first-order valence-electron chi connectivity index (χ1n) is 13.3. The fourth-order valence-corrected chi connectivity index (χ4v) is 5.38. The van der Waals surface area contributed by atoms with Gasteiger partial charge in [0.15, 0.2) is 5.16 Å². The van der Waals surface area contributed by atoms with Crippen LogP contribution in [0.3, 0.4) is 0 Å². The molecule has 8 nitrogen and oxygen atoms in total. The number of ether oxygens (including phenoxy) is 1. The molecule has 0 fully saturated rings. The van der Waals surface area contributed by atoms with Crippen LogP contribution >= 0.6 is 23.4 Å². The van der Waals surface area contributed by atoms with Gasteiger partial charge in [-0.3, -0.25) is 9.59 Å². The Morgan fingerprint density at radius 3 is 2.24 bits per heavy atom. The highest BCUT2D eigenvalue weighted by molar-refractivity contribution is 7.99. The molecule has 4 aromatic rings. The van der Waals surface area contributed by atoms with Crippen molar-refractivity contribution in [2.24, 2.45) is 0 Å². The first-order chi connectivity index (χ1) is 20.1. The average Bonchev–Trinajstić information content (AvgIpc) is 2.96. The van der Waals surface area contributed by atoms with Crippen LogP contribution in [0.5, 0.6) is 5.75 Å². The van der Waals surface area contributed by atoms with Gasteiger partial charge in [0.05, 0.1) is 12.9 Å². The van der Waals surface area contributed by atoms with Crippen LogP contribution in [0.4, 0.5) is 11.4 Å². The molecule has 1 heterocycles. The van der Waals surface area contributed by atoms with E-state index in [0.29, 0.717) is 27.2 Å². The summed E-state index contributed by atoms with van der Waals surface area (Å²) in [6.45, 7) is 3.96. The van der Waals surface area contributed by atoms with Gasteiger partial charge in [-0.25, -0.2) is 9.97 Å². The fraction of sp³-hybridized carbons (Fsp3) is 0.250. The Hall–Kier alpha value is -4.08. The minimum absolute atomic E-state index is 0.0434. The second-order valence-corrected chi connectivity index (χ2v) is 11.4. The Morgan fingerprint density at radius 1 is 0.952 bits per heavy atom. The molecule has 2 amide bonds. The highest BCUT2D eigenvalue weighted by atomic mass is 35.5. The van der Waals surface area contributed by atoms with Crippen LogP contribution in [0.2, 0.25) is 5.02 Å². The maximum absolute atomic E-state index is 14.1. The van der Waals surface area contributed by atoms with E-state index < -0.39 is 6.04 Å². The van der Waals surface area contributed by atoms with Crippen molar-refractivity contribution in [1.82, 2.24) is 14.9 Å². The summed E-state index contributed by atoms with van der Waals surface area (Å²) in [5.74, 6) is 0.0267. The van der Waals surface area contributed by atoms with E-state index in [4.69, 9.17) is 16.3 Å². The quantitative estimate of drug-likeness (QED) is 0.158. The zero-order chi connectivity index (χ0) is 30.2. The third-order valence-corrected chi connectivity index (χ3v) is 7.58. The fourth-order valence-electron chi connectivity index (χ4n) is 4.42. The van der Waals surface area contributed by atoms with Gasteiger partial charge in [-0.05, 0) is 79.6 Å². The lowest BCUT2D eigenvalue weighted by Crippen LogP contribution is -2.41. The Morgan fingerprint density at radius 2 is 1.62 bits per heavy atom. The number of amides is 2. The van der Waals surface area contributed by atoms with Gasteiger partial charge in [-0.1, -0.05) is 47.6 Å². The number of nitrogens with zero attached hydrogens (tertiary/aromatic N) is 4. The van der Waals surface area contributed by atoms with Crippen LogP contribution in [0.25, 0.3) is 0 Å². The average molecular weight is 604 g/mol. The highest BCUT2D eigenvalue weighted by Crippen LogP contribution is 2.30. The predicted molar refractivity (Wildman–Crippen MR) is 169 cm³/mol. The monoisotopic (exact) mass is 603 g/mol. The Kier molecular flexibility index (Phi) is 10.4. The summed E-state index contributed by atoms with van der Waals surface area (Å²) in [4.78, 5) is 40.6. The number of halogens is 1. The number of hydrogen-bond donors (Lipinski definition) is 1. The lowest BCUT2D eigenvalue weighted by Gasteiger charge is -2.32. The summed E-state index contributed by atoms with van der Waals surface area (Å²) in [7, 11) is 5.47. The van der Waals surface area contributed by atoms with Gasteiger partial charge in [0.1, 0.15) is 11.8 Å². The Labute approximate surface area is 256 Å². The van der Waals surface area contributed by atoms with Gasteiger partial charge in [-0.2, -0.15) is 0 Å². The lowest BCUT2D eigenvalue weighted by atomic mass is 10.0. The van der Waals surface area contributed by atoms with Crippen LogP contribution in [0.1, 0.15) is 28.6 Å². The minimum Gasteiger partial charge on any atom is -0.497 e. The number of aryl methyl sites for hydroxylation is 2. The number of hydrogen-bond acceptors (Lipinski definition) is 7. The zero-order valence-corrected chi connectivity index (χ0v) is 25.9. The molecule has 0 aliphatic heterocycles. The van der Waals surface area contributed by atoms with Gasteiger partial charge < -0.3 is 19.9 Å². The zero-order valence-electron chi connectivity index (χ0n) is 24.3. The molecule has 42 heavy (non-hydrogen) atoms. The SMILES string of the molecule is COc1cccc(C(C(=O)Nc2ccc(N(C)C)cc2)N(Cc2ccc(Cl)cc2)C(=O)CSc2nc(C)cc(C)n2)c1. The van der Waals surface area contributed by atoms with Gasteiger partial charge in [-0.15, -0.1) is 0 Å². The standard InChI is InChI=1S/C32H34ClN5O3S/c1-21-17-22(2)35-32(34-21)42-20-29(39)38(19-23-9-11-25(33)12-10-23)30(24-7-6-8-28(18-24)41-5)31(40)36-26-13-15-27(16-14-26)37(3)4/h6-18,30H,19-20H2,1-5H3,(H,36,40). The number of carbonyl (C=O) groups is 2. The van der Waals surface area contributed by atoms with E-state index in [1.165, 1.54) is 11.8 Å². The first-order valence-corrected chi connectivity index (χ1v) is 14.7. The number of nitrogens with one attached hydrogen (secondary N) is 1. The number of benzene rings is 3. The Bertz CT molecular complexity index is 1510. The molecule has 0 saturated heterocycles. The summed E-state index contributed by atoms with van der Waals surface area (Å²) < 4.78 is 5.46. The summed E-state index contributed by atoms with van der Waals surface area (Å²) in [6.07, 6.45) is 0. The third-order valence-electron chi connectivity index (χ3n) is 6.49. The molecule has 1 unspecified atom stereocenters. The first kappa shape index (κ1) is 30.9. The van der Waals surface area contributed by atoms with Crippen LogP contribution in [0.15, 0.2) is 84.0 Å². The molecule has 0 aliphatic rings. The molecule has 1 N–H and O–H groups in total. The van der Waals surface area contributed by atoms with Crippen molar-refractivity contribution in [2.45, 2.75) is 31.6 Å². The smallest absolute Gasteiger partial charge is 0.251 e. The molecule has 3 aromatic carbocycles. The van der Waals surface area contributed by atoms with Crippen molar-refractivity contribution in [1.29, 1.82) is 0 Å². The number of thioether (sulfide) groups is 1.